The van der Waals surface area contributed by atoms with E-state index in [-0.39, 0.29) is 55.3 Å². The third-order valence-corrected chi connectivity index (χ3v) is 11.6. The van der Waals surface area contributed by atoms with Crippen LogP contribution < -0.4 is 0 Å². The first-order valence-electron chi connectivity index (χ1n) is 21.4. The van der Waals surface area contributed by atoms with Gasteiger partial charge in [-0.1, -0.05) is 176 Å². The molecule has 0 amide bonds. The number of benzene rings is 7. The number of para-hydroxylation sites is 2. The Balaban J connectivity index is 0.000000427. The Morgan fingerprint density at radius 1 is 0.613 bits per heavy atom. The van der Waals surface area contributed by atoms with Gasteiger partial charge in [0.05, 0.1) is 22.6 Å². The maximum Gasteiger partial charge on any atom is 0.161 e. The number of ketones is 1. The molecule has 62 heavy (non-hydrogen) atoms. The first kappa shape index (κ1) is 44.0. The largest absolute Gasteiger partial charge is 0.557 e. The molecule has 5 nitrogen and oxygen atoms in total. The number of furan rings is 1. The number of nitrogens with zero attached hydrogens (tertiary/aromatic N) is 2. The molecule has 0 saturated carbocycles. The van der Waals surface area contributed by atoms with E-state index in [1.807, 2.05) is 27.7 Å². The van der Waals surface area contributed by atoms with E-state index in [1.165, 1.54) is 55.6 Å². The van der Waals surface area contributed by atoms with Crippen molar-refractivity contribution in [2.45, 2.75) is 67.2 Å². The first-order chi connectivity index (χ1) is 29.4. The van der Waals surface area contributed by atoms with Gasteiger partial charge in [0.15, 0.2) is 5.78 Å². The summed E-state index contributed by atoms with van der Waals surface area (Å²) in [5, 5.41) is 15.2. The summed E-state index contributed by atoms with van der Waals surface area (Å²) in [7, 11) is 0. The number of aliphatic hydroxyl groups excluding tert-OH is 1. The van der Waals surface area contributed by atoms with Crippen LogP contribution in [0, 0.1) is 18.1 Å². The van der Waals surface area contributed by atoms with Crippen molar-refractivity contribution in [1.82, 2.24) is 9.55 Å². The van der Waals surface area contributed by atoms with Gasteiger partial charge in [-0.05, 0) is 97.1 Å². The molecule has 0 fully saturated rings. The third kappa shape index (κ3) is 8.68. The van der Waals surface area contributed by atoms with E-state index in [0.29, 0.717) is 0 Å². The number of hydrogen-bond acceptors (Lipinski definition) is 4. The molecule has 0 aliphatic carbocycles. The molecular formula is C56H53IrN2O3-. The normalized spacial score (nSPS) is 11.9. The molecule has 0 atom stereocenters. The predicted octanol–water partition coefficient (Wildman–Crippen LogP) is 15.4. The predicted molar refractivity (Wildman–Crippen MR) is 255 cm³/mol. The minimum Gasteiger partial charge on any atom is -0.557 e. The standard InChI is InChI=1S/C47H37N2O.C9H16O2.Ir/c1-29(2)38-26-36(31-12-6-5-7-13-31)27-39(30(3)4)46(38)49-44-17-11-10-16-43(44)48-47(49)42-28-50-45-23-22-35(25-41(42)45)34-21-20-33-19-18-32-14-8-9-15-37(32)40(33)24-34;1-6(2)8(10)5-9(11)7(3)4;/h5-27,29-30H,1-4H3;5-7,10H,1-4H3;/q-1;;/b;8-5-;. The van der Waals surface area contributed by atoms with Crippen LogP contribution in [0.4, 0.5) is 0 Å². The average Bonchev–Trinajstić information content (AvgIpc) is 3.87. The monoisotopic (exact) mass is 994 g/mol. The van der Waals surface area contributed by atoms with Gasteiger partial charge in [-0.25, -0.2) is 0 Å². The van der Waals surface area contributed by atoms with Crippen LogP contribution in [0.15, 0.2) is 156 Å². The molecule has 6 heteroatoms. The second-order valence-corrected chi connectivity index (χ2v) is 17.2. The number of carbonyl (C=O) groups excluding carboxylic acids is 1. The van der Waals surface area contributed by atoms with Gasteiger partial charge in [-0.3, -0.25) is 9.78 Å². The molecular weight excluding hydrogens is 941 g/mol. The van der Waals surface area contributed by atoms with Gasteiger partial charge in [0.2, 0.25) is 0 Å². The van der Waals surface area contributed by atoms with Crippen molar-refractivity contribution in [3.8, 4) is 39.3 Å². The SMILES string of the molecule is CC(C)C(=O)/C=C(\O)C(C)C.CC(C)c1cc(-c2ccccc2)cc(C(C)C)c1-n1c(-c2[c-]oc3ccc(-c4ccc5ccc6ccccc6c5c4)cc23)nc2ccccc21.[Ir]. The molecule has 0 unspecified atom stereocenters. The van der Waals surface area contributed by atoms with E-state index in [1.54, 1.807) is 0 Å². The summed E-state index contributed by atoms with van der Waals surface area (Å²) in [6.07, 6.45) is 4.62. The number of hydrogen-bond donors (Lipinski definition) is 1. The van der Waals surface area contributed by atoms with Gasteiger partial charge >= 0.3 is 0 Å². The third-order valence-electron chi connectivity index (χ3n) is 11.6. The Hall–Kier alpha value is -6.07. The van der Waals surface area contributed by atoms with E-state index in [9.17, 15) is 9.90 Å². The quantitative estimate of drug-likeness (QED) is 0.0677. The Morgan fingerprint density at radius 2 is 1.19 bits per heavy atom. The molecule has 9 rings (SSSR count). The van der Waals surface area contributed by atoms with E-state index >= 15 is 0 Å². The number of allylic oxidation sites excluding steroid dienone is 2. The zero-order valence-corrected chi connectivity index (χ0v) is 39.1. The smallest absolute Gasteiger partial charge is 0.161 e. The van der Waals surface area contributed by atoms with Crippen molar-refractivity contribution >= 4 is 49.3 Å². The van der Waals surface area contributed by atoms with Crippen LogP contribution in [-0.4, -0.2) is 20.4 Å². The van der Waals surface area contributed by atoms with Gasteiger partial charge in [0, 0.05) is 55.6 Å². The minimum atomic E-state index is -0.0316. The molecule has 0 bridgehead atoms. The number of imidazole rings is 1. The molecule has 1 radical (unpaired) electrons. The Labute approximate surface area is 378 Å². The van der Waals surface area contributed by atoms with E-state index in [0.717, 1.165) is 44.5 Å². The van der Waals surface area contributed by atoms with Gasteiger partial charge in [-0.15, -0.1) is 0 Å². The van der Waals surface area contributed by atoms with Crippen molar-refractivity contribution in [2.24, 2.45) is 11.8 Å². The summed E-state index contributed by atoms with van der Waals surface area (Å²) in [6, 6.07) is 50.1. The van der Waals surface area contributed by atoms with Gasteiger partial charge in [0.25, 0.3) is 0 Å². The molecule has 315 valence electrons. The Bertz CT molecular complexity index is 3050. The fourth-order valence-corrected chi connectivity index (χ4v) is 8.02. The van der Waals surface area contributed by atoms with Gasteiger partial charge in [0.1, 0.15) is 0 Å². The maximum atomic E-state index is 11.0. The summed E-state index contributed by atoms with van der Waals surface area (Å²) in [4.78, 5) is 16.3. The van der Waals surface area contributed by atoms with E-state index in [4.69, 9.17) is 9.40 Å². The second kappa shape index (κ2) is 18.5. The van der Waals surface area contributed by atoms with Crippen LogP contribution in [-0.2, 0) is 24.9 Å². The summed E-state index contributed by atoms with van der Waals surface area (Å²) in [6.45, 7) is 16.5. The van der Waals surface area contributed by atoms with Crippen LogP contribution in [0.3, 0.4) is 0 Å². The zero-order valence-electron chi connectivity index (χ0n) is 36.7. The average molecular weight is 994 g/mol. The molecule has 2 aromatic heterocycles. The molecule has 0 aliphatic rings. The van der Waals surface area contributed by atoms with Crippen molar-refractivity contribution in [2.75, 3.05) is 0 Å². The molecule has 7 aromatic carbocycles. The van der Waals surface area contributed by atoms with Crippen LogP contribution in [0.1, 0.15) is 78.4 Å². The van der Waals surface area contributed by atoms with Crippen molar-refractivity contribution in [3.05, 3.63) is 169 Å². The topological polar surface area (TPSA) is 68.3 Å². The van der Waals surface area contributed by atoms with Crippen LogP contribution in [0.25, 0.3) is 82.9 Å². The molecule has 0 aliphatic heterocycles. The number of rotatable bonds is 9. The van der Waals surface area contributed by atoms with E-state index < -0.39 is 0 Å². The first-order valence-corrected chi connectivity index (χ1v) is 21.4. The molecule has 0 spiro atoms. The maximum absolute atomic E-state index is 11.0. The van der Waals surface area contributed by atoms with Crippen molar-refractivity contribution in [1.29, 1.82) is 0 Å². The number of aromatic nitrogens is 2. The summed E-state index contributed by atoms with van der Waals surface area (Å²) < 4.78 is 8.53. The second-order valence-electron chi connectivity index (χ2n) is 17.2. The van der Waals surface area contributed by atoms with Gasteiger partial charge in [-0.2, -0.15) is 0 Å². The van der Waals surface area contributed by atoms with E-state index in [2.05, 4.69) is 178 Å². The van der Waals surface area contributed by atoms with Gasteiger partial charge < -0.3 is 14.1 Å². The molecule has 1 N–H and O–H groups in total. The summed E-state index contributed by atoms with van der Waals surface area (Å²) >= 11 is 0. The summed E-state index contributed by atoms with van der Waals surface area (Å²) in [5.41, 5.74) is 12.2. The zero-order chi connectivity index (χ0) is 42.9. The fourth-order valence-electron chi connectivity index (χ4n) is 8.02. The number of aliphatic hydroxyl groups is 1. The Kier molecular flexibility index (Phi) is 13.1. The minimum absolute atomic E-state index is 0. The molecule has 0 saturated heterocycles. The fraction of sp³-hybridized carbons (Fsp3) is 0.214. The van der Waals surface area contributed by atoms with Crippen molar-refractivity contribution in [3.63, 3.8) is 0 Å². The Morgan fingerprint density at radius 3 is 1.85 bits per heavy atom. The van der Waals surface area contributed by atoms with Crippen LogP contribution in [0.5, 0.6) is 0 Å². The van der Waals surface area contributed by atoms with Crippen LogP contribution in [0.2, 0.25) is 0 Å². The summed E-state index contributed by atoms with van der Waals surface area (Å²) in [5.74, 6) is 1.55. The van der Waals surface area contributed by atoms with Crippen LogP contribution >= 0.6 is 0 Å². The molecule has 9 aromatic rings. The number of fused-ring (bicyclic) bond motifs is 5. The van der Waals surface area contributed by atoms with Crippen molar-refractivity contribution < 1.29 is 34.4 Å². The number of carbonyl (C=O) groups is 1. The molecule has 2 heterocycles.